The first kappa shape index (κ1) is 11.9. The fourth-order valence-electron chi connectivity index (χ4n) is 2.05. The van der Waals surface area contributed by atoms with Crippen LogP contribution in [0.25, 0.3) is 0 Å². The second-order valence-corrected chi connectivity index (χ2v) is 5.56. The molecule has 0 aliphatic carbocycles. The number of fused-ring (bicyclic) bond motifs is 1. The third kappa shape index (κ3) is 2.33. The molecule has 4 heteroatoms. The van der Waals surface area contributed by atoms with Crippen molar-refractivity contribution in [3.63, 3.8) is 0 Å². The Kier molecular flexibility index (Phi) is 3.18. The molecule has 3 rings (SSSR count). The van der Waals surface area contributed by atoms with E-state index >= 15 is 0 Å². The second kappa shape index (κ2) is 4.82. The van der Waals surface area contributed by atoms with E-state index in [0.717, 1.165) is 15.9 Å². The Balaban J connectivity index is 1.90. The summed E-state index contributed by atoms with van der Waals surface area (Å²) in [5.74, 6) is 0.852. The number of hydrogen-bond donors (Lipinski definition) is 1. The maximum atomic E-state index is 5.99. The SMILES string of the molecule is Clc1ccc2c(c1)NC(c1cccc(Br)c1)CO2. The van der Waals surface area contributed by atoms with E-state index in [1.165, 1.54) is 5.56 Å². The predicted octanol–water partition coefficient (Wildman–Crippen LogP) is 4.65. The fourth-order valence-corrected chi connectivity index (χ4v) is 2.64. The maximum absolute atomic E-state index is 5.99. The van der Waals surface area contributed by atoms with Gasteiger partial charge in [0.05, 0.1) is 11.7 Å². The van der Waals surface area contributed by atoms with Crippen LogP contribution in [-0.2, 0) is 0 Å². The zero-order chi connectivity index (χ0) is 12.5. The fraction of sp³-hybridized carbons (Fsp3) is 0.143. The first-order valence-electron chi connectivity index (χ1n) is 5.67. The summed E-state index contributed by atoms with van der Waals surface area (Å²) >= 11 is 9.47. The minimum Gasteiger partial charge on any atom is -0.489 e. The zero-order valence-electron chi connectivity index (χ0n) is 9.49. The van der Waals surface area contributed by atoms with Crippen LogP contribution in [-0.4, -0.2) is 6.61 Å². The van der Waals surface area contributed by atoms with Gasteiger partial charge in [0.2, 0.25) is 0 Å². The largest absolute Gasteiger partial charge is 0.489 e. The summed E-state index contributed by atoms with van der Waals surface area (Å²) in [4.78, 5) is 0. The van der Waals surface area contributed by atoms with E-state index in [0.29, 0.717) is 11.6 Å². The maximum Gasteiger partial charge on any atom is 0.142 e. The van der Waals surface area contributed by atoms with Crippen molar-refractivity contribution in [2.45, 2.75) is 6.04 Å². The first-order chi connectivity index (χ1) is 8.72. The second-order valence-electron chi connectivity index (χ2n) is 4.20. The van der Waals surface area contributed by atoms with Gasteiger partial charge < -0.3 is 10.1 Å². The Bertz CT molecular complexity index is 588. The third-order valence-electron chi connectivity index (χ3n) is 2.93. The van der Waals surface area contributed by atoms with Crippen molar-refractivity contribution in [3.8, 4) is 5.75 Å². The molecule has 0 bridgehead atoms. The van der Waals surface area contributed by atoms with Gasteiger partial charge >= 0.3 is 0 Å². The highest BCUT2D eigenvalue weighted by atomic mass is 79.9. The lowest BCUT2D eigenvalue weighted by atomic mass is 10.1. The quantitative estimate of drug-likeness (QED) is 0.824. The minimum absolute atomic E-state index is 0.147. The van der Waals surface area contributed by atoms with Gasteiger partial charge in [-0.1, -0.05) is 39.7 Å². The minimum atomic E-state index is 0.147. The van der Waals surface area contributed by atoms with Crippen molar-refractivity contribution < 1.29 is 4.74 Å². The number of ether oxygens (including phenoxy) is 1. The van der Waals surface area contributed by atoms with Crippen molar-refractivity contribution in [2.24, 2.45) is 0 Å². The molecule has 0 amide bonds. The number of halogens is 2. The molecule has 2 aromatic rings. The van der Waals surface area contributed by atoms with E-state index in [1.54, 1.807) is 0 Å². The van der Waals surface area contributed by atoms with Crippen LogP contribution in [0.5, 0.6) is 5.75 Å². The summed E-state index contributed by atoms with van der Waals surface area (Å²) in [6.07, 6.45) is 0. The lowest BCUT2D eigenvalue weighted by Crippen LogP contribution is -2.23. The number of nitrogens with one attached hydrogen (secondary N) is 1. The Labute approximate surface area is 119 Å². The predicted molar refractivity (Wildman–Crippen MR) is 77.5 cm³/mol. The van der Waals surface area contributed by atoms with Gasteiger partial charge in [0.1, 0.15) is 12.4 Å². The van der Waals surface area contributed by atoms with Crippen LogP contribution < -0.4 is 10.1 Å². The van der Waals surface area contributed by atoms with E-state index in [9.17, 15) is 0 Å². The van der Waals surface area contributed by atoms with Crippen LogP contribution in [0.2, 0.25) is 5.02 Å². The van der Waals surface area contributed by atoms with Gasteiger partial charge in [-0.05, 0) is 35.9 Å². The Hall–Kier alpha value is -1.19. The Morgan fingerprint density at radius 2 is 2.11 bits per heavy atom. The molecule has 2 nitrogen and oxygen atoms in total. The van der Waals surface area contributed by atoms with E-state index in [1.807, 2.05) is 30.3 Å². The highest BCUT2D eigenvalue weighted by Crippen LogP contribution is 2.35. The average molecular weight is 325 g/mol. The number of hydrogen-bond acceptors (Lipinski definition) is 2. The third-order valence-corrected chi connectivity index (χ3v) is 3.66. The number of rotatable bonds is 1. The van der Waals surface area contributed by atoms with E-state index < -0.39 is 0 Å². The summed E-state index contributed by atoms with van der Waals surface area (Å²) in [6, 6.07) is 14.0. The molecule has 92 valence electrons. The van der Waals surface area contributed by atoms with Crippen molar-refractivity contribution in [1.29, 1.82) is 0 Å². The van der Waals surface area contributed by atoms with E-state index in [2.05, 4.69) is 33.4 Å². The number of anilines is 1. The molecular formula is C14H11BrClNO. The van der Waals surface area contributed by atoms with Crippen molar-refractivity contribution >= 4 is 33.2 Å². The zero-order valence-corrected chi connectivity index (χ0v) is 11.8. The molecule has 0 saturated heterocycles. The van der Waals surface area contributed by atoms with Gasteiger partial charge in [-0.25, -0.2) is 0 Å². The van der Waals surface area contributed by atoms with Crippen LogP contribution >= 0.6 is 27.5 Å². The number of benzene rings is 2. The summed E-state index contributed by atoms with van der Waals surface area (Å²) in [7, 11) is 0. The van der Waals surface area contributed by atoms with Gasteiger partial charge in [-0.3, -0.25) is 0 Å². The monoisotopic (exact) mass is 323 g/mol. The van der Waals surface area contributed by atoms with Crippen molar-refractivity contribution in [1.82, 2.24) is 0 Å². The molecule has 1 unspecified atom stereocenters. The molecule has 1 heterocycles. The van der Waals surface area contributed by atoms with Gasteiger partial charge in [-0.2, -0.15) is 0 Å². The van der Waals surface area contributed by atoms with Gasteiger partial charge in [0.15, 0.2) is 0 Å². The van der Waals surface area contributed by atoms with E-state index in [4.69, 9.17) is 16.3 Å². The molecule has 0 radical (unpaired) electrons. The van der Waals surface area contributed by atoms with Gasteiger partial charge in [0.25, 0.3) is 0 Å². The van der Waals surface area contributed by atoms with Crippen molar-refractivity contribution in [3.05, 3.63) is 57.5 Å². The summed E-state index contributed by atoms with van der Waals surface area (Å²) in [5.41, 5.74) is 2.13. The molecule has 0 aromatic heterocycles. The molecule has 1 aliphatic heterocycles. The molecule has 1 atom stereocenters. The van der Waals surface area contributed by atoms with Crippen LogP contribution in [0.15, 0.2) is 46.9 Å². The van der Waals surface area contributed by atoms with Crippen LogP contribution in [0.4, 0.5) is 5.69 Å². The molecule has 0 fully saturated rings. The molecule has 1 aliphatic rings. The lowest BCUT2D eigenvalue weighted by Gasteiger charge is -2.28. The average Bonchev–Trinajstić information content (AvgIpc) is 2.38. The smallest absolute Gasteiger partial charge is 0.142 e. The molecule has 0 spiro atoms. The molecule has 0 saturated carbocycles. The molecule has 1 N–H and O–H groups in total. The highest BCUT2D eigenvalue weighted by molar-refractivity contribution is 9.10. The standard InChI is InChI=1S/C14H11BrClNO/c15-10-3-1-2-9(6-10)13-8-18-14-5-4-11(16)7-12(14)17-13/h1-7,13,17H,8H2. The van der Waals surface area contributed by atoms with Crippen LogP contribution in [0.1, 0.15) is 11.6 Å². The highest BCUT2D eigenvalue weighted by Gasteiger charge is 2.20. The summed E-state index contributed by atoms with van der Waals surface area (Å²) in [5, 5.41) is 4.16. The molecular weight excluding hydrogens is 314 g/mol. The molecule has 2 aromatic carbocycles. The lowest BCUT2D eigenvalue weighted by molar-refractivity contribution is 0.286. The Morgan fingerprint density at radius 1 is 1.22 bits per heavy atom. The topological polar surface area (TPSA) is 21.3 Å². The Morgan fingerprint density at radius 3 is 2.94 bits per heavy atom. The van der Waals surface area contributed by atoms with Crippen molar-refractivity contribution in [2.75, 3.05) is 11.9 Å². The van der Waals surface area contributed by atoms with Crippen LogP contribution in [0, 0.1) is 0 Å². The van der Waals surface area contributed by atoms with Gasteiger partial charge in [-0.15, -0.1) is 0 Å². The normalized spacial score (nSPS) is 17.6. The summed E-state index contributed by atoms with van der Waals surface area (Å²) < 4.78 is 6.82. The van der Waals surface area contributed by atoms with Crippen LogP contribution in [0.3, 0.4) is 0 Å². The molecule has 18 heavy (non-hydrogen) atoms. The van der Waals surface area contributed by atoms with Gasteiger partial charge in [0, 0.05) is 9.50 Å². The first-order valence-corrected chi connectivity index (χ1v) is 6.84. The summed E-state index contributed by atoms with van der Waals surface area (Å²) in [6.45, 7) is 0.616. The van der Waals surface area contributed by atoms with E-state index in [-0.39, 0.29) is 6.04 Å².